The number of fused-ring (bicyclic) bond motifs is 9. The summed E-state index contributed by atoms with van der Waals surface area (Å²) in [5.41, 5.74) is 9.72. The van der Waals surface area contributed by atoms with Gasteiger partial charge in [0.05, 0.1) is 0 Å². The Bertz CT molecular complexity index is 3780. The number of rotatable bonds is 6. The molecule has 0 amide bonds. The Labute approximate surface area is 374 Å². The summed E-state index contributed by atoms with van der Waals surface area (Å²) < 4.78 is 7.77. The highest BCUT2D eigenvalue weighted by molar-refractivity contribution is 7.26. The lowest BCUT2D eigenvalue weighted by Crippen LogP contribution is -2.00. The average Bonchev–Trinajstić information content (AvgIpc) is 4.05. The van der Waals surface area contributed by atoms with Crippen molar-refractivity contribution in [2.75, 3.05) is 0 Å². The fourth-order valence-electron chi connectivity index (χ4n) is 9.03. The van der Waals surface area contributed by atoms with Crippen LogP contribution in [0.1, 0.15) is 0 Å². The summed E-state index contributed by atoms with van der Waals surface area (Å²) in [6, 6.07) is 72.2. The Balaban J connectivity index is 0.985. The van der Waals surface area contributed by atoms with Crippen molar-refractivity contribution in [1.82, 2.24) is 15.0 Å². The van der Waals surface area contributed by atoms with E-state index in [9.17, 15) is 0 Å². The molecule has 0 atom stereocenters. The Morgan fingerprint density at radius 3 is 1.24 bits per heavy atom. The van der Waals surface area contributed by atoms with E-state index >= 15 is 0 Å². The van der Waals surface area contributed by atoms with E-state index in [4.69, 9.17) is 15.0 Å². The molecule has 0 aliphatic heterocycles. The normalized spacial score (nSPS) is 11.8. The van der Waals surface area contributed by atoms with E-state index in [2.05, 4.69) is 182 Å². The van der Waals surface area contributed by atoms with E-state index in [0.717, 1.165) is 44.5 Å². The Hall–Kier alpha value is -7.35. The van der Waals surface area contributed by atoms with Crippen LogP contribution in [-0.4, -0.2) is 15.0 Å². The Kier molecular flexibility index (Phi) is 8.44. The maximum absolute atomic E-state index is 5.30. The van der Waals surface area contributed by atoms with Crippen LogP contribution in [0.4, 0.5) is 0 Å². The molecule has 0 saturated carbocycles. The lowest BCUT2D eigenvalue weighted by Gasteiger charge is -2.13. The molecular formula is C57H33N3S3. The molecule has 0 spiro atoms. The summed E-state index contributed by atoms with van der Waals surface area (Å²) in [4.78, 5) is 15.7. The molecule has 0 fully saturated rings. The van der Waals surface area contributed by atoms with Crippen molar-refractivity contribution in [2.45, 2.75) is 0 Å². The second-order valence-corrected chi connectivity index (χ2v) is 19.2. The number of aromatic nitrogens is 3. The van der Waals surface area contributed by atoms with Gasteiger partial charge in [0.25, 0.3) is 0 Å². The molecule has 0 aliphatic carbocycles. The minimum atomic E-state index is 0.630. The second kappa shape index (κ2) is 14.6. The maximum atomic E-state index is 5.30. The lowest BCUT2D eigenvalue weighted by molar-refractivity contribution is 1.07. The van der Waals surface area contributed by atoms with Gasteiger partial charge >= 0.3 is 0 Å². The summed E-state index contributed by atoms with van der Waals surface area (Å²) >= 11 is 5.54. The van der Waals surface area contributed by atoms with Crippen molar-refractivity contribution in [3.8, 4) is 67.5 Å². The van der Waals surface area contributed by atoms with Gasteiger partial charge in [-0.3, -0.25) is 0 Å². The molecule has 4 aromatic heterocycles. The molecule has 0 unspecified atom stereocenters. The Morgan fingerprint density at radius 1 is 0.238 bits per heavy atom. The quantitative estimate of drug-likeness (QED) is 0.167. The van der Waals surface area contributed by atoms with Crippen LogP contribution in [0.5, 0.6) is 0 Å². The third-order valence-electron chi connectivity index (χ3n) is 12.1. The zero-order chi connectivity index (χ0) is 41.4. The molecule has 0 bridgehead atoms. The summed E-state index contributed by atoms with van der Waals surface area (Å²) in [6.45, 7) is 0. The van der Waals surface area contributed by atoms with Gasteiger partial charge in [-0.2, -0.15) is 0 Å². The number of nitrogens with zero attached hydrogens (tertiary/aromatic N) is 3. The van der Waals surface area contributed by atoms with Crippen LogP contribution in [-0.2, 0) is 0 Å². The predicted molar refractivity (Wildman–Crippen MR) is 271 cm³/mol. The van der Waals surface area contributed by atoms with Gasteiger partial charge in [-0.1, -0.05) is 140 Å². The first-order valence-corrected chi connectivity index (χ1v) is 23.4. The zero-order valence-corrected chi connectivity index (χ0v) is 36.1. The lowest BCUT2D eigenvalue weighted by atomic mass is 9.94. The Morgan fingerprint density at radius 2 is 0.651 bits per heavy atom. The summed E-state index contributed by atoms with van der Waals surface area (Å²) in [7, 11) is 0. The molecule has 6 heteroatoms. The number of thiophene rings is 3. The number of hydrogen-bond acceptors (Lipinski definition) is 6. The predicted octanol–water partition coefficient (Wildman–Crippen LogP) is 17.0. The van der Waals surface area contributed by atoms with E-state index in [-0.39, 0.29) is 0 Å². The number of hydrogen-bond donors (Lipinski definition) is 0. The van der Waals surface area contributed by atoms with E-state index in [0.29, 0.717) is 17.5 Å². The van der Waals surface area contributed by atoms with Crippen LogP contribution in [0, 0.1) is 0 Å². The van der Waals surface area contributed by atoms with Gasteiger partial charge in [-0.25, -0.2) is 15.0 Å². The van der Waals surface area contributed by atoms with Crippen LogP contribution >= 0.6 is 34.0 Å². The highest BCUT2D eigenvalue weighted by Gasteiger charge is 2.18. The minimum Gasteiger partial charge on any atom is -0.208 e. The van der Waals surface area contributed by atoms with Crippen LogP contribution in [0.3, 0.4) is 0 Å². The molecule has 0 aliphatic rings. The maximum Gasteiger partial charge on any atom is 0.164 e. The first-order valence-electron chi connectivity index (χ1n) is 21.0. The van der Waals surface area contributed by atoms with Gasteiger partial charge in [0.2, 0.25) is 0 Å². The van der Waals surface area contributed by atoms with Gasteiger partial charge in [0, 0.05) is 77.2 Å². The average molecular weight is 856 g/mol. The molecule has 9 aromatic carbocycles. The summed E-state index contributed by atoms with van der Waals surface area (Å²) in [5.74, 6) is 1.90. The smallest absolute Gasteiger partial charge is 0.164 e. The SMILES string of the molecule is c1ccc(-c2nc(-c3ccc(-c4cccc5c4sc4ccccc45)cc3)nc(-c3cc(-c4ccc5sc6ccccc6c5c4)cc(-c4ccc5sc6ccccc6c5c4)c3)n2)cc1. The van der Waals surface area contributed by atoms with Crippen molar-refractivity contribution < 1.29 is 0 Å². The van der Waals surface area contributed by atoms with Crippen LogP contribution in [0.2, 0.25) is 0 Å². The topological polar surface area (TPSA) is 38.7 Å². The minimum absolute atomic E-state index is 0.630. The van der Waals surface area contributed by atoms with E-state index < -0.39 is 0 Å². The molecule has 3 nitrogen and oxygen atoms in total. The fraction of sp³-hybridized carbons (Fsp3) is 0. The van der Waals surface area contributed by atoms with Crippen LogP contribution in [0.25, 0.3) is 128 Å². The molecular weight excluding hydrogens is 823 g/mol. The van der Waals surface area contributed by atoms with Gasteiger partial charge < -0.3 is 0 Å². The van der Waals surface area contributed by atoms with Crippen molar-refractivity contribution in [3.63, 3.8) is 0 Å². The third-order valence-corrected chi connectivity index (χ3v) is 15.7. The third kappa shape index (κ3) is 6.25. The summed E-state index contributed by atoms with van der Waals surface area (Å²) in [6.07, 6.45) is 0. The largest absolute Gasteiger partial charge is 0.208 e. The fourth-order valence-corrected chi connectivity index (χ4v) is 12.4. The van der Waals surface area contributed by atoms with Crippen molar-refractivity contribution in [1.29, 1.82) is 0 Å². The van der Waals surface area contributed by atoms with Crippen molar-refractivity contribution >= 4 is 94.5 Å². The van der Waals surface area contributed by atoms with Gasteiger partial charge in [0.1, 0.15) is 0 Å². The standard InChI is InChI=1S/C57H33N3S3/c1-2-11-35(12-3-1)55-58-56(36-23-21-34(22-24-36)42-16-10-17-46-43-13-4-9-20-51(43)63-54(42)46)60-57(59-55)41-30-39(37-25-27-52-47(32-37)44-14-5-7-18-49(44)61-52)29-40(31-41)38-26-28-53-48(33-38)45-15-6-8-19-50(45)62-53/h1-33H. The van der Waals surface area contributed by atoms with Gasteiger partial charge in [-0.05, 0) is 94.0 Å². The van der Waals surface area contributed by atoms with Gasteiger partial charge in [-0.15, -0.1) is 34.0 Å². The van der Waals surface area contributed by atoms with E-state index in [1.807, 2.05) is 52.2 Å². The van der Waals surface area contributed by atoms with Crippen molar-refractivity contribution in [2.24, 2.45) is 0 Å². The van der Waals surface area contributed by atoms with Crippen molar-refractivity contribution in [3.05, 3.63) is 200 Å². The molecule has 13 aromatic rings. The first kappa shape index (κ1) is 36.3. The molecule has 294 valence electrons. The first-order chi connectivity index (χ1) is 31.2. The van der Waals surface area contributed by atoms with Crippen LogP contribution in [0.15, 0.2) is 200 Å². The highest BCUT2D eigenvalue weighted by atomic mass is 32.1. The highest BCUT2D eigenvalue weighted by Crippen LogP contribution is 2.42. The van der Waals surface area contributed by atoms with E-state index in [1.54, 1.807) is 0 Å². The second-order valence-electron chi connectivity index (χ2n) is 15.9. The van der Waals surface area contributed by atoms with Crippen LogP contribution < -0.4 is 0 Å². The molecule has 0 saturated heterocycles. The monoisotopic (exact) mass is 855 g/mol. The van der Waals surface area contributed by atoms with E-state index in [1.165, 1.54) is 66.1 Å². The molecule has 13 rings (SSSR count). The molecule has 0 N–H and O–H groups in total. The number of benzene rings is 9. The zero-order valence-electron chi connectivity index (χ0n) is 33.6. The van der Waals surface area contributed by atoms with Gasteiger partial charge in [0.15, 0.2) is 17.5 Å². The molecule has 63 heavy (non-hydrogen) atoms. The molecule has 4 heterocycles. The molecule has 0 radical (unpaired) electrons. The summed E-state index contributed by atoms with van der Waals surface area (Å²) in [5, 5.41) is 7.70.